The van der Waals surface area contributed by atoms with Gasteiger partial charge >= 0.3 is 11.8 Å². The maximum Gasteiger partial charge on any atom is 0.314 e. The van der Waals surface area contributed by atoms with E-state index in [1.165, 1.54) is 24.3 Å². The summed E-state index contributed by atoms with van der Waals surface area (Å²) in [6, 6.07) is 13.3. The summed E-state index contributed by atoms with van der Waals surface area (Å²) in [7, 11) is 0. The number of carbonyl (C=O) groups is 3. The number of para-hydroxylation sites is 1. The van der Waals surface area contributed by atoms with Crippen LogP contribution in [0.3, 0.4) is 0 Å². The maximum atomic E-state index is 12.2. The second-order valence-electron chi connectivity index (χ2n) is 6.65. The first-order chi connectivity index (χ1) is 11.7. The number of hydrogen-bond acceptors (Lipinski definition) is 3. The normalized spacial score (nSPS) is 10.8. The quantitative estimate of drug-likeness (QED) is 0.749. The van der Waals surface area contributed by atoms with Crippen LogP contribution in [-0.2, 0) is 15.0 Å². The van der Waals surface area contributed by atoms with Crippen molar-refractivity contribution in [3.8, 4) is 0 Å². The molecule has 130 valence electrons. The third kappa shape index (κ3) is 4.67. The number of amides is 3. The lowest BCUT2D eigenvalue weighted by molar-refractivity contribution is -0.133. The summed E-state index contributed by atoms with van der Waals surface area (Å²) in [6.07, 6.45) is 0. The fourth-order valence-corrected chi connectivity index (χ4v) is 2.33. The number of rotatable bonds is 3. The average Bonchev–Trinajstić information content (AvgIpc) is 2.54. The van der Waals surface area contributed by atoms with Crippen LogP contribution in [0.5, 0.6) is 0 Å². The molecule has 2 rings (SSSR count). The van der Waals surface area contributed by atoms with Crippen molar-refractivity contribution in [2.24, 2.45) is 5.73 Å². The molecule has 0 atom stereocenters. The molecule has 0 aliphatic rings. The number of carbonyl (C=O) groups excluding carboxylic acids is 3. The molecule has 0 radical (unpaired) electrons. The largest absolute Gasteiger partial charge is 0.366 e. The number of nitrogens with one attached hydrogen (secondary N) is 2. The van der Waals surface area contributed by atoms with Crippen LogP contribution in [-0.4, -0.2) is 17.7 Å². The molecule has 0 aliphatic heterocycles. The van der Waals surface area contributed by atoms with Crippen molar-refractivity contribution in [1.29, 1.82) is 0 Å². The zero-order valence-corrected chi connectivity index (χ0v) is 14.4. The monoisotopic (exact) mass is 339 g/mol. The summed E-state index contributed by atoms with van der Waals surface area (Å²) < 4.78 is 0. The topological polar surface area (TPSA) is 101 Å². The third-order valence-electron chi connectivity index (χ3n) is 3.62. The molecular weight excluding hydrogens is 318 g/mol. The lowest BCUT2D eigenvalue weighted by Gasteiger charge is -2.22. The van der Waals surface area contributed by atoms with Crippen LogP contribution >= 0.6 is 0 Å². The van der Waals surface area contributed by atoms with Gasteiger partial charge in [-0.05, 0) is 41.3 Å². The minimum Gasteiger partial charge on any atom is -0.366 e. The van der Waals surface area contributed by atoms with E-state index in [-0.39, 0.29) is 5.41 Å². The van der Waals surface area contributed by atoms with Crippen molar-refractivity contribution in [1.82, 2.24) is 0 Å². The molecule has 0 bridgehead atoms. The Morgan fingerprint density at radius 3 is 1.96 bits per heavy atom. The molecule has 0 aliphatic carbocycles. The Labute approximate surface area is 146 Å². The van der Waals surface area contributed by atoms with E-state index in [1.807, 2.05) is 32.9 Å². The van der Waals surface area contributed by atoms with Gasteiger partial charge in [-0.25, -0.2) is 0 Å². The van der Waals surface area contributed by atoms with Gasteiger partial charge in [-0.1, -0.05) is 39.0 Å². The smallest absolute Gasteiger partial charge is 0.314 e. The molecule has 4 N–H and O–H groups in total. The number of nitrogens with two attached hydrogens (primary N) is 1. The lowest BCUT2D eigenvalue weighted by Crippen LogP contribution is -2.30. The standard InChI is InChI=1S/C19H21N3O3/c1-19(2,3)14-6-4-5-7-15(14)22-18(25)17(24)21-13-10-8-12(9-11-13)16(20)23/h4-11H,1-3H3,(H2,20,23)(H,21,24)(H,22,25). The summed E-state index contributed by atoms with van der Waals surface area (Å²) in [4.78, 5) is 35.3. The number of benzene rings is 2. The van der Waals surface area contributed by atoms with Crippen LogP contribution in [0.1, 0.15) is 36.7 Å². The van der Waals surface area contributed by atoms with E-state index >= 15 is 0 Å². The van der Waals surface area contributed by atoms with Gasteiger partial charge in [-0.15, -0.1) is 0 Å². The van der Waals surface area contributed by atoms with Crippen LogP contribution in [0.25, 0.3) is 0 Å². The van der Waals surface area contributed by atoms with E-state index in [2.05, 4.69) is 10.6 Å². The molecule has 0 heterocycles. The van der Waals surface area contributed by atoms with Gasteiger partial charge in [0, 0.05) is 16.9 Å². The minimum absolute atomic E-state index is 0.176. The van der Waals surface area contributed by atoms with Crippen LogP contribution in [0, 0.1) is 0 Å². The second-order valence-corrected chi connectivity index (χ2v) is 6.65. The van der Waals surface area contributed by atoms with Crippen molar-refractivity contribution >= 4 is 29.1 Å². The van der Waals surface area contributed by atoms with E-state index in [4.69, 9.17) is 5.73 Å². The van der Waals surface area contributed by atoms with Crippen molar-refractivity contribution in [3.05, 3.63) is 59.7 Å². The molecule has 0 saturated heterocycles. The second kappa shape index (κ2) is 7.17. The van der Waals surface area contributed by atoms with Gasteiger partial charge in [0.2, 0.25) is 5.91 Å². The Morgan fingerprint density at radius 2 is 1.40 bits per heavy atom. The highest BCUT2D eigenvalue weighted by molar-refractivity contribution is 6.43. The summed E-state index contributed by atoms with van der Waals surface area (Å²) in [5, 5.41) is 5.12. The van der Waals surface area contributed by atoms with Gasteiger partial charge in [0.05, 0.1) is 0 Å². The Kier molecular flexibility index (Phi) is 5.22. The Balaban J connectivity index is 2.09. The number of primary amides is 1. The molecule has 6 nitrogen and oxygen atoms in total. The first kappa shape index (κ1) is 18.2. The maximum absolute atomic E-state index is 12.2. The van der Waals surface area contributed by atoms with E-state index < -0.39 is 17.7 Å². The van der Waals surface area contributed by atoms with E-state index in [0.29, 0.717) is 16.9 Å². The fraction of sp³-hybridized carbons (Fsp3) is 0.211. The van der Waals surface area contributed by atoms with Gasteiger partial charge in [-0.3, -0.25) is 14.4 Å². The van der Waals surface area contributed by atoms with E-state index in [0.717, 1.165) is 5.56 Å². The summed E-state index contributed by atoms with van der Waals surface area (Å²) in [6.45, 7) is 6.08. The third-order valence-corrected chi connectivity index (χ3v) is 3.62. The van der Waals surface area contributed by atoms with Crippen molar-refractivity contribution in [2.45, 2.75) is 26.2 Å². The number of anilines is 2. The highest BCUT2D eigenvalue weighted by atomic mass is 16.2. The highest BCUT2D eigenvalue weighted by Gasteiger charge is 2.21. The molecule has 0 spiro atoms. The van der Waals surface area contributed by atoms with Gasteiger partial charge in [0.1, 0.15) is 0 Å². The first-order valence-corrected chi connectivity index (χ1v) is 7.80. The Morgan fingerprint density at radius 1 is 0.840 bits per heavy atom. The molecule has 3 amide bonds. The van der Waals surface area contributed by atoms with Crippen LogP contribution in [0.4, 0.5) is 11.4 Å². The lowest BCUT2D eigenvalue weighted by atomic mass is 9.86. The predicted octanol–water partition coefficient (Wildman–Crippen LogP) is 2.66. The van der Waals surface area contributed by atoms with E-state index in [1.54, 1.807) is 12.1 Å². The Hall–Kier alpha value is -3.15. The number of hydrogen-bond donors (Lipinski definition) is 3. The SMILES string of the molecule is CC(C)(C)c1ccccc1NC(=O)C(=O)Nc1ccc(C(N)=O)cc1. The zero-order chi connectivity index (χ0) is 18.6. The van der Waals surface area contributed by atoms with Crippen molar-refractivity contribution in [2.75, 3.05) is 10.6 Å². The molecule has 0 aromatic heterocycles. The van der Waals surface area contributed by atoms with Gasteiger partial charge in [0.25, 0.3) is 0 Å². The van der Waals surface area contributed by atoms with Crippen molar-refractivity contribution in [3.63, 3.8) is 0 Å². The van der Waals surface area contributed by atoms with Gasteiger partial charge < -0.3 is 16.4 Å². The average molecular weight is 339 g/mol. The molecule has 0 unspecified atom stereocenters. The molecule has 2 aromatic carbocycles. The molecule has 2 aromatic rings. The zero-order valence-electron chi connectivity index (χ0n) is 14.4. The fourth-order valence-electron chi connectivity index (χ4n) is 2.33. The Bertz CT molecular complexity index is 805. The summed E-state index contributed by atoms with van der Waals surface area (Å²) >= 11 is 0. The molecule has 0 fully saturated rings. The van der Waals surface area contributed by atoms with Gasteiger partial charge in [-0.2, -0.15) is 0 Å². The molecule has 6 heteroatoms. The van der Waals surface area contributed by atoms with E-state index in [9.17, 15) is 14.4 Å². The molecule has 25 heavy (non-hydrogen) atoms. The molecular formula is C19H21N3O3. The predicted molar refractivity (Wildman–Crippen MR) is 97.4 cm³/mol. The van der Waals surface area contributed by atoms with Crippen LogP contribution < -0.4 is 16.4 Å². The van der Waals surface area contributed by atoms with Crippen LogP contribution in [0.15, 0.2) is 48.5 Å². The first-order valence-electron chi connectivity index (χ1n) is 7.80. The highest BCUT2D eigenvalue weighted by Crippen LogP contribution is 2.29. The summed E-state index contributed by atoms with van der Waals surface area (Å²) in [5.74, 6) is -2.12. The van der Waals surface area contributed by atoms with Gasteiger partial charge in [0.15, 0.2) is 0 Å². The van der Waals surface area contributed by atoms with Crippen LogP contribution in [0.2, 0.25) is 0 Å². The van der Waals surface area contributed by atoms with Crippen molar-refractivity contribution < 1.29 is 14.4 Å². The summed E-state index contributed by atoms with van der Waals surface area (Å²) in [5.41, 5.74) is 7.23. The minimum atomic E-state index is -0.796. The molecule has 0 saturated carbocycles.